The van der Waals surface area contributed by atoms with Crippen molar-refractivity contribution in [3.8, 4) is 28.7 Å². The van der Waals surface area contributed by atoms with Crippen LogP contribution in [0.15, 0.2) is 36.4 Å². The summed E-state index contributed by atoms with van der Waals surface area (Å²) in [5.41, 5.74) is 0.406. The van der Waals surface area contributed by atoms with Crippen LogP contribution in [0.25, 0.3) is 0 Å². The van der Waals surface area contributed by atoms with Gasteiger partial charge in [-0.05, 0) is 36.4 Å². The first-order valence-electron chi connectivity index (χ1n) is 7.98. The lowest BCUT2D eigenvalue weighted by Gasteiger charge is -2.14. The summed E-state index contributed by atoms with van der Waals surface area (Å²) in [6.07, 6.45) is 0. The highest BCUT2D eigenvalue weighted by Gasteiger charge is 2.16. The summed E-state index contributed by atoms with van der Waals surface area (Å²) in [5.74, 6) is 2.48. The van der Waals surface area contributed by atoms with Crippen LogP contribution in [0.2, 0.25) is 0 Å². The number of ether oxygens (including phenoxy) is 5. The van der Waals surface area contributed by atoms with Crippen LogP contribution in [-0.4, -0.2) is 47.5 Å². The van der Waals surface area contributed by atoms with Crippen LogP contribution in [0, 0.1) is 0 Å². The Kier molecular flexibility index (Phi) is 6.96. The van der Waals surface area contributed by atoms with E-state index in [0.717, 1.165) is 5.75 Å². The molecule has 2 aromatic rings. The molecule has 0 unspecified atom stereocenters. The van der Waals surface area contributed by atoms with Gasteiger partial charge in [-0.15, -0.1) is 0 Å². The van der Waals surface area contributed by atoms with Crippen molar-refractivity contribution in [1.29, 1.82) is 0 Å². The Morgan fingerprint density at radius 3 is 1.92 bits per heavy atom. The highest BCUT2D eigenvalue weighted by atomic mass is 16.5. The molecule has 0 saturated heterocycles. The Hall–Kier alpha value is -3.09. The monoisotopic (exact) mass is 361 g/mol. The van der Waals surface area contributed by atoms with E-state index in [4.69, 9.17) is 23.7 Å². The molecular weight excluding hydrogens is 338 g/mol. The summed E-state index contributed by atoms with van der Waals surface area (Å²) in [7, 11) is 6.12. The zero-order valence-corrected chi connectivity index (χ0v) is 15.3. The van der Waals surface area contributed by atoms with Crippen LogP contribution in [0.1, 0.15) is 10.4 Å². The molecule has 7 heteroatoms. The number of carbonyl (C=O) groups is 1. The third-order valence-corrected chi connectivity index (χ3v) is 3.64. The molecule has 26 heavy (non-hydrogen) atoms. The second kappa shape index (κ2) is 9.41. The zero-order chi connectivity index (χ0) is 18.9. The van der Waals surface area contributed by atoms with Crippen LogP contribution in [0.3, 0.4) is 0 Å². The molecule has 2 aromatic carbocycles. The van der Waals surface area contributed by atoms with Crippen molar-refractivity contribution in [2.45, 2.75) is 0 Å². The van der Waals surface area contributed by atoms with E-state index < -0.39 is 0 Å². The van der Waals surface area contributed by atoms with Crippen LogP contribution < -0.4 is 29.0 Å². The van der Waals surface area contributed by atoms with Gasteiger partial charge in [0.25, 0.3) is 5.91 Å². The average molecular weight is 361 g/mol. The Morgan fingerprint density at radius 1 is 0.846 bits per heavy atom. The molecule has 0 aliphatic rings. The van der Waals surface area contributed by atoms with Gasteiger partial charge >= 0.3 is 0 Å². The lowest BCUT2D eigenvalue weighted by Crippen LogP contribution is -2.28. The maximum absolute atomic E-state index is 12.3. The highest BCUT2D eigenvalue weighted by molar-refractivity contribution is 5.95. The molecule has 1 amide bonds. The molecule has 0 aromatic heterocycles. The maximum atomic E-state index is 12.3. The molecule has 7 nitrogen and oxygen atoms in total. The number of methoxy groups -OCH3 is 4. The quantitative estimate of drug-likeness (QED) is 0.692. The molecule has 0 aliphatic carbocycles. The van der Waals surface area contributed by atoms with Crippen molar-refractivity contribution < 1.29 is 28.5 Å². The minimum absolute atomic E-state index is 0.261. The SMILES string of the molecule is COc1ccc(OCCNC(=O)c2cc(OC)c(OC)c(OC)c2)cc1. The maximum Gasteiger partial charge on any atom is 0.251 e. The number of hydrogen-bond acceptors (Lipinski definition) is 6. The average Bonchev–Trinajstić information content (AvgIpc) is 2.70. The van der Waals surface area contributed by atoms with Crippen molar-refractivity contribution in [3.63, 3.8) is 0 Å². The molecule has 2 rings (SSSR count). The molecule has 0 atom stereocenters. The standard InChI is InChI=1S/C19H23NO6/c1-22-14-5-7-15(8-6-14)26-10-9-20-19(21)13-11-16(23-2)18(25-4)17(12-13)24-3/h5-8,11-12H,9-10H2,1-4H3,(H,20,21). The number of rotatable bonds is 9. The minimum atomic E-state index is -0.261. The summed E-state index contributed by atoms with van der Waals surface area (Å²) in [6, 6.07) is 10.4. The lowest BCUT2D eigenvalue weighted by molar-refractivity contribution is 0.0946. The van der Waals surface area contributed by atoms with Crippen molar-refractivity contribution >= 4 is 5.91 Å². The number of carbonyl (C=O) groups excluding carboxylic acids is 1. The van der Waals surface area contributed by atoms with Gasteiger partial charge in [-0.2, -0.15) is 0 Å². The van der Waals surface area contributed by atoms with Crippen molar-refractivity contribution in [2.75, 3.05) is 41.6 Å². The predicted molar refractivity (Wildman–Crippen MR) is 96.9 cm³/mol. The summed E-state index contributed by atoms with van der Waals surface area (Å²) in [6.45, 7) is 0.685. The Bertz CT molecular complexity index is 704. The molecule has 140 valence electrons. The molecule has 0 radical (unpaired) electrons. The van der Waals surface area contributed by atoms with E-state index >= 15 is 0 Å². The van der Waals surface area contributed by atoms with Crippen LogP contribution in [-0.2, 0) is 0 Å². The van der Waals surface area contributed by atoms with E-state index in [-0.39, 0.29) is 5.91 Å². The summed E-state index contributed by atoms with van der Waals surface area (Å²) in [4.78, 5) is 12.3. The van der Waals surface area contributed by atoms with Crippen LogP contribution in [0.5, 0.6) is 28.7 Å². The van der Waals surface area contributed by atoms with Gasteiger partial charge in [0.1, 0.15) is 18.1 Å². The Balaban J connectivity index is 1.92. The molecule has 0 spiro atoms. The summed E-state index contributed by atoms with van der Waals surface area (Å²) < 4.78 is 26.4. The molecule has 0 bridgehead atoms. The number of benzene rings is 2. The van der Waals surface area contributed by atoms with Gasteiger partial charge in [-0.25, -0.2) is 0 Å². The van der Waals surface area contributed by atoms with Gasteiger partial charge < -0.3 is 29.0 Å². The first-order valence-corrected chi connectivity index (χ1v) is 7.98. The number of hydrogen-bond donors (Lipinski definition) is 1. The molecule has 0 fully saturated rings. The van der Waals surface area contributed by atoms with Gasteiger partial charge in [0.15, 0.2) is 11.5 Å². The first kappa shape index (κ1) is 19.2. The predicted octanol–water partition coefficient (Wildman–Crippen LogP) is 2.53. The summed E-state index contributed by atoms with van der Waals surface area (Å²) >= 11 is 0. The van der Waals surface area contributed by atoms with E-state index in [1.165, 1.54) is 21.3 Å². The lowest BCUT2D eigenvalue weighted by atomic mass is 10.1. The topological polar surface area (TPSA) is 75.3 Å². The van der Waals surface area contributed by atoms with Crippen molar-refractivity contribution in [2.24, 2.45) is 0 Å². The fourth-order valence-electron chi connectivity index (χ4n) is 2.32. The second-order valence-corrected chi connectivity index (χ2v) is 5.19. The Labute approximate surface area is 152 Å². The fraction of sp³-hybridized carbons (Fsp3) is 0.316. The molecule has 0 saturated carbocycles. The first-order chi connectivity index (χ1) is 12.6. The fourth-order valence-corrected chi connectivity index (χ4v) is 2.32. The van der Waals surface area contributed by atoms with Crippen LogP contribution >= 0.6 is 0 Å². The molecule has 0 heterocycles. The van der Waals surface area contributed by atoms with Crippen LogP contribution in [0.4, 0.5) is 0 Å². The van der Waals surface area contributed by atoms with Gasteiger partial charge in [0.2, 0.25) is 5.75 Å². The van der Waals surface area contributed by atoms with Crippen molar-refractivity contribution in [3.05, 3.63) is 42.0 Å². The highest BCUT2D eigenvalue weighted by Crippen LogP contribution is 2.38. The Morgan fingerprint density at radius 2 is 1.42 bits per heavy atom. The van der Waals surface area contributed by atoms with Gasteiger partial charge in [-0.1, -0.05) is 0 Å². The zero-order valence-electron chi connectivity index (χ0n) is 15.3. The number of nitrogens with one attached hydrogen (secondary N) is 1. The molecular formula is C19H23NO6. The summed E-state index contributed by atoms with van der Waals surface area (Å²) in [5, 5.41) is 2.79. The smallest absolute Gasteiger partial charge is 0.251 e. The van der Waals surface area contributed by atoms with Crippen molar-refractivity contribution in [1.82, 2.24) is 5.32 Å². The van der Waals surface area contributed by atoms with E-state index in [1.54, 1.807) is 31.4 Å². The third kappa shape index (κ3) is 4.72. The van der Waals surface area contributed by atoms with E-state index in [9.17, 15) is 4.79 Å². The van der Waals surface area contributed by atoms with E-state index in [0.29, 0.717) is 41.7 Å². The minimum Gasteiger partial charge on any atom is -0.497 e. The van der Waals surface area contributed by atoms with E-state index in [2.05, 4.69) is 5.32 Å². The second-order valence-electron chi connectivity index (χ2n) is 5.19. The van der Waals surface area contributed by atoms with Gasteiger partial charge in [0, 0.05) is 5.56 Å². The van der Waals surface area contributed by atoms with Gasteiger partial charge in [0.05, 0.1) is 35.0 Å². The molecule has 1 N–H and O–H groups in total. The van der Waals surface area contributed by atoms with Gasteiger partial charge in [-0.3, -0.25) is 4.79 Å². The normalized spacial score (nSPS) is 10.0. The third-order valence-electron chi connectivity index (χ3n) is 3.64. The molecule has 0 aliphatic heterocycles. The largest absolute Gasteiger partial charge is 0.497 e. The number of amides is 1. The van der Waals surface area contributed by atoms with E-state index in [1.807, 2.05) is 12.1 Å².